The van der Waals surface area contributed by atoms with Crippen molar-refractivity contribution in [2.24, 2.45) is 0 Å². The van der Waals surface area contributed by atoms with E-state index in [1.165, 1.54) is 64.2 Å². The zero-order chi connectivity index (χ0) is 43.8. The number of amides is 3. The maximum Gasteiger partial charge on any atom is 0.329 e. The molecule has 0 aliphatic carbocycles. The van der Waals surface area contributed by atoms with Gasteiger partial charge in [-0.15, -0.1) is 0 Å². The van der Waals surface area contributed by atoms with E-state index in [0.29, 0.717) is 19.4 Å². The number of esters is 2. The average molecular weight is 846 g/mol. The Morgan fingerprint density at radius 2 is 0.966 bits per heavy atom. The third-order valence-electron chi connectivity index (χ3n) is 8.87. The Morgan fingerprint density at radius 3 is 1.44 bits per heavy atom. The summed E-state index contributed by atoms with van der Waals surface area (Å²) in [4.78, 5) is 71.6. The third kappa shape index (κ3) is 41.2. The van der Waals surface area contributed by atoms with Crippen molar-refractivity contribution in [3.63, 3.8) is 0 Å². The lowest BCUT2D eigenvalue weighted by Gasteiger charge is -2.24. The summed E-state index contributed by atoms with van der Waals surface area (Å²) in [5.74, 6) is -2.52. The molecular formula is C43H79N3O13. The van der Waals surface area contributed by atoms with E-state index in [2.05, 4.69) is 16.0 Å². The summed E-state index contributed by atoms with van der Waals surface area (Å²) >= 11 is 0. The van der Waals surface area contributed by atoms with Gasteiger partial charge in [0.15, 0.2) is 0 Å². The Bertz CT molecular complexity index is 1120. The van der Waals surface area contributed by atoms with Crippen LogP contribution in [0.25, 0.3) is 0 Å². The molecule has 3 amide bonds. The minimum absolute atomic E-state index is 0.0207. The van der Waals surface area contributed by atoms with Crippen molar-refractivity contribution in [2.45, 2.75) is 168 Å². The smallest absolute Gasteiger partial charge is 0.329 e. The first-order chi connectivity index (χ1) is 28.3. The fraction of sp³-hybridized carbons (Fsp3) is 0.860. The third-order valence-corrected chi connectivity index (χ3v) is 8.87. The zero-order valence-corrected chi connectivity index (χ0v) is 36.8. The molecule has 0 unspecified atom stereocenters. The van der Waals surface area contributed by atoms with Crippen LogP contribution >= 0.6 is 0 Å². The number of hydrogen-bond donors (Lipinski definition) is 4. The molecule has 0 aromatic carbocycles. The fourth-order valence-corrected chi connectivity index (χ4v) is 5.86. The lowest BCUT2D eigenvalue weighted by molar-refractivity contribution is -0.159. The summed E-state index contributed by atoms with van der Waals surface area (Å²) < 4.78 is 31.2. The van der Waals surface area contributed by atoms with Crippen LogP contribution in [0, 0.1) is 0 Å². The van der Waals surface area contributed by atoms with Crippen molar-refractivity contribution < 1.29 is 62.3 Å². The van der Waals surface area contributed by atoms with E-state index in [1.807, 2.05) is 6.92 Å². The molecule has 0 aliphatic heterocycles. The van der Waals surface area contributed by atoms with Gasteiger partial charge < -0.3 is 49.5 Å². The van der Waals surface area contributed by atoms with Crippen LogP contribution in [0.5, 0.6) is 0 Å². The van der Waals surface area contributed by atoms with Gasteiger partial charge in [-0.25, -0.2) is 9.59 Å². The number of carbonyl (C=O) groups excluding carboxylic acids is 5. The quantitative estimate of drug-likeness (QED) is 0.0439. The number of carboxylic acids is 1. The molecular weight excluding hydrogens is 766 g/mol. The van der Waals surface area contributed by atoms with Crippen molar-refractivity contribution in [1.82, 2.24) is 16.0 Å². The van der Waals surface area contributed by atoms with Crippen LogP contribution in [0.3, 0.4) is 0 Å². The molecule has 0 saturated carbocycles. The largest absolute Gasteiger partial charge is 0.480 e. The van der Waals surface area contributed by atoms with Gasteiger partial charge >= 0.3 is 17.9 Å². The second-order valence-electron chi connectivity index (χ2n) is 15.6. The SMILES string of the molecule is CCOC(=O)CCCCCCCCCCCCCCCCCCC(=O)N[C@@H](CCC(=O)NCCOCCOCC(=O)NCCOCCOCC(=O)O)C(=O)OC(C)(C)C. The number of nitrogens with one attached hydrogen (secondary N) is 3. The van der Waals surface area contributed by atoms with Gasteiger partial charge in [0.1, 0.15) is 24.9 Å². The van der Waals surface area contributed by atoms with Crippen LogP contribution < -0.4 is 16.0 Å². The van der Waals surface area contributed by atoms with Crippen molar-refractivity contribution in [3.8, 4) is 0 Å². The molecule has 59 heavy (non-hydrogen) atoms. The minimum Gasteiger partial charge on any atom is -0.480 e. The van der Waals surface area contributed by atoms with E-state index in [4.69, 9.17) is 33.5 Å². The summed E-state index contributed by atoms with van der Waals surface area (Å²) in [6.45, 7) is 8.81. The van der Waals surface area contributed by atoms with E-state index in [-0.39, 0.29) is 102 Å². The number of unbranched alkanes of at least 4 members (excludes halogenated alkanes) is 15. The Morgan fingerprint density at radius 1 is 0.525 bits per heavy atom. The monoisotopic (exact) mass is 846 g/mol. The summed E-state index contributed by atoms with van der Waals surface area (Å²) in [6.07, 6.45) is 19.6. The van der Waals surface area contributed by atoms with Crippen molar-refractivity contribution in [3.05, 3.63) is 0 Å². The van der Waals surface area contributed by atoms with Gasteiger partial charge in [0.2, 0.25) is 17.7 Å². The second-order valence-corrected chi connectivity index (χ2v) is 15.6. The lowest BCUT2D eigenvalue weighted by atomic mass is 10.0. The first-order valence-electron chi connectivity index (χ1n) is 22.1. The normalized spacial score (nSPS) is 11.8. The van der Waals surface area contributed by atoms with Gasteiger partial charge in [0.05, 0.1) is 46.2 Å². The Hall–Kier alpha value is -3.34. The molecule has 0 aromatic rings. The Labute approximate surface area is 353 Å². The molecule has 4 N–H and O–H groups in total. The summed E-state index contributed by atoms with van der Waals surface area (Å²) in [5.41, 5.74) is -0.737. The fourth-order valence-electron chi connectivity index (χ4n) is 5.86. The van der Waals surface area contributed by atoms with Gasteiger partial charge in [-0.1, -0.05) is 89.9 Å². The van der Waals surface area contributed by atoms with Crippen LogP contribution in [0.4, 0.5) is 0 Å². The predicted molar refractivity (Wildman–Crippen MR) is 224 cm³/mol. The summed E-state index contributed by atoms with van der Waals surface area (Å²) in [6, 6.07) is -0.926. The van der Waals surface area contributed by atoms with Crippen molar-refractivity contribution >= 4 is 35.6 Å². The molecule has 344 valence electrons. The van der Waals surface area contributed by atoms with E-state index in [0.717, 1.165) is 38.5 Å². The molecule has 0 spiro atoms. The first kappa shape index (κ1) is 55.7. The van der Waals surface area contributed by atoms with Crippen LogP contribution in [0.15, 0.2) is 0 Å². The molecule has 0 bridgehead atoms. The molecule has 0 aromatic heterocycles. The summed E-state index contributed by atoms with van der Waals surface area (Å²) in [7, 11) is 0. The molecule has 1 atom stereocenters. The van der Waals surface area contributed by atoms with Gasteiger partial charge in [-0.3, -0.25) is 19.2 Å². The highest BCUT2D eigenvalue weighted by Crippen LogP contribution is 2.15. The highest BCUT2D eigenvalue weighted by Gasteiger charge is 2.27. The molecule has 0 fully saturated rings. The Kier molecular flexibility index (Phi) is 36.6. The second kappa shape index (κ2) is 38.8. The minimum atomic E-state index is -1.05. The first-order valence-corrected chi connectivity index (χ1v) is 22.1. The number of carbonyl (C=O) groups is 6. The summed E-state index contributed by atoms with van der Waals surface area (Å²) in [5, 5.41) is 16.6. The standard InChI is InChI=1S/C43H79N3O13/c1-5-58-41(52)23-21-19-17-15-13-11-9-7-6-8-10-12-14-16-18-20-22-38(48)46-36(42(53)59-43(2,3)4)24-25-37(47)44-26-28-54-30-32-56-34-39(49)45-27-29-55-31-33-57-35-40(50)51/h36H,5-35H2,1-4H3,(H,44,47)(H,45,49)(H,46,48)(H,50,51)/t36-/m0/s1. The molecule has 16 heteroatoms. The molecule has 0 heterocycles. The number of ether oxygens (including phenoxy) is 6. The number of hydrogen-bond acceptors (Lipinski definition) is 12. The highest BCUT2D eigenvalue weighted by molar-refractivity contribution is 5.85. The van der Waals surface area contributed by atoms with Crippen LogP contribution in [-0.4, -0.2) is 125 Å². The van der Waals surface area contributed by atoms with E-state index in [9.17, 15) is 28.8 Å². The topological polar surface area (TPSA) is 214 Å². The molecule has 0 saturated heterocycles. The molecule has 0 radical (unpaired) electrons. The van der Waals surface area contributed by atoms with Gasteiger partial charge in [0.25, 0.3) is 0 Å². The lowest BCUT2D eigenvalue weighted by Crippen LogP contribution is -2.44. The zero-order valence-electron chi connectivity index (χ0n) is 36.8. The maximum absolute atomic E-state index is 12.9. The molecule has 16 nitrogen and oxygen atoms in total. The average Bonchev–Trinajstić information content (AvgIpc) is 3.17. The number of aliphatic carboxylic acids is 1. The van der Waals surface area contributed by atoms with Crippen LogP contribution in [0.1, 0.15) is 156 Å². The maximum atomic E-state index is 12.9. The number of rotatable bonds is 41. The number of carboxylic acid groups (broad SMARTS) is 1. The van der Waals surface area contributed by atoms with Gasteiger partial charge in [0, 0.05) is 32.4 Å². The van der Waals surface area contributed by atoms with E-state index in [1.54, 1.807) is 20.8 Å². The van der Waals surface area contributed by atoms with E-state index < -0.39 is 23.6 Å². The Balaban J connectivity index is 3.97. The van der Waals surface area contributed by atoms with Crippen molar-refractivity contribution in [2.75, 3.05) is 72.6 Å². The van der Waals surface area contributed by atoms with Gasteiger partial charge in [-0.2, -0.15) is 0 Å². The van der Waals surface area contributed by atoms with Crippen LogP contribution in [0.2, 0.25) is 0 Å². The van der Waals surface area contributed by atoms with E-state index >= 15 is 0 Å². The molecule has 0 rings (SSSR count). The predicted octanol–water partition coefficient (Wildman–Crippen LogP) is 5.56. The highest BCUT2D eigenvalue weighted by atomic mass is 16.6. The van der Waals surface area contributed by atoms with Gasteiger partial charge in [-0.05, 0) is 47.0 Å². The van der Waals surface area contributed by atoms with Crippen LogP contribution in [-0.2, 0) is 57.2 Å². The van der Waals surface area contributed by atoms with Crippen molar-refractivity contribution in [1.29, 1.82) is 0 Å². The molecule has 0 aliphatic rings.